The first-order valence-corrected chi connectivity index (χ1v) is 6.11. The van der Waals surface area contributed by atoms with E-state index in [0.29, 0.717) is 17.0 Å². The van der Waals surface area contributed by atoms with Gasteiger partial charge < -0.3 is 9.84 Å². The SMILES string of the molecule is OCc1cc(Br)cnc1OCc1ccccc1F. The minimum absolute atomic E-state index is 0.0777. The molecule has 1 aromatic carbocycles. The normalized spacial score (nSPS) is 10.4. The highest BCUT2D eigenvalue weighted by Gasteiger charge is 2.07. The fourth-order valence-corrected chi connectivity index (χ4v) is 1.85. The number of halogens is 2. The van der Waals surface area contributed by atoms with Gasteiger partial charge in [-0.3, -0.25) is 0 Å². The number of hydrogen-bond donors (Lipinski definition) is 1. The molecule has 1 N–H and O–H groups in total. The zero-order valence-corrected chi connectivity index (χ0v) is 11.0. The van der Waals surface area contributed by atoms with Crippen molar-refractivity contribution in [3.8, 4) is 5.88 Å². The molecule has 5 heteroatoms. The van der Waals surface area contributed by atoms with E-state index in [0.717, 1.165) is 4.47 Å². The number of aromatic nitrogens is 1. The van der Waals surface area contributed by atoms with Gasteiger partial charge in [0.05, 0.1) is 6.61 Å². The number of aliphatic hydroxyl groups is 1. The molecule has 0 spiro atoms. The van der Waals surface area contributed by atoms with Crippen LogP contribution in [0.5, 0.6) is 5.88 Å². The number of ether oxygens (including phenoxy) is 1. The Bertz CT molecular complexity index is 548. The molecule has 94 valence electrons. The van der Waals surface area contributed by atoms with E-state index in [-0.39, 0.29) is 19.0 Å². The van der Waals surface area contributed by atoms with E-state index in [1.54, 1.807) is 30.5 Å². The lowest BCUT2D eigenvalue weighted by Gasteiger charge is -2.09. The molecular formula is C13H11BrFNO2. The molecule has 2 aromatic rings. The number of benzene rings is 1. The van der Waals surface area contributed by atoms with Crippen LogP contribution in [0.3, 0.4) is 0 Å². The third-order valence-corrected chi connectivity index (χ3v) is 2.82. The fourth-order valence-electron chi connectivity index (χ4n) is 1.47. The highest BCUT2D eigenvalue weighted by molar-refractivity contribution is 9.10. The lowest BCUT2D eigenvalue weighted by Crippen LogP contribution is -2.02. The first-order chi connectivity index (χ1) is 8.70. The minimum atomic E-state index is -0.319. The molecule has 0 fully saturated rings. The number of aliphatic hydroxyl groups excluding tert-OH is 1. The van der Waals surface area contributed by atoms with Crippen molar-refractivity contribution in [3.05, 3.63) is 57.9 Å². The summed E-state index contributed by atoms with van der Waals surface area (Å²) in [5.74, 6) is -0.0101. The quantitative estimate of drug-likeness (QED) is 0.943. The average molecular weight is 312 g/mol. The largest absolute Gasteiger partial charge is 0.472 e. The summed E-state index contributed by atoms with van der Waals surface area (Å²) in [6.07, 6.45) is 1.57. The second-order valence-electron chi connectivity index (χ2n) is 3.66. The van der Waals surface area contributed by atoms with Crippen LogP contribution in [0, 0.1) is 5.82 Å². The Morgan fingerprint density at radius 3 is 2.78 bits per heavy atom. The van der Waals surface area contributed by atoms with Crippen molar-refractivity contribution in [1.82, 2.24) is 4.98 Å². The third kappa shape index (κ3) is 3.05. The van der Waals surface area contributed by atoms with E-state index >= 15 is 0 Å². The van der Waals surface area contributed by atoms with Gasteiger partial charge in [-0.2, -0.15) is 0 Å². The summed E-state index contributed by atoms with van der Waals surface area (Å²) in [5.41, 5.74) is 1.01. The van der Waals surface area contributed by atoms with Crippen LogP contribution in [0.2, 0.25) is 0 Å². The fraction of sp³-hybridized carbons (Fsp3) is 0.154. The summed E-state index contributed by atoms with van der Waals surface area (Å²) in [4.78, 5) is 4.04. The van der Waals surface area contributed by atoms with Crippen molar-refractivity contribution in [2.24, 2.45) is 0 Å². The van der Waals surface area contributed by atoms with Gasteiger partial charge in [-0.25, -0.2) is 9.37 Å². The molecule has 0 aliphatic heterocycles. The van der Waals surface area contributed by atoms with Crippen molar-refractivity contribution < 1.29 is 14.2 Å². The number of pyridine rings is 1. The number of nitrogens with zero attached hydrogens (tertiary/aromatic N) is 1. The van der Waals surface area contributed by atoms with Crippen molar-refractivity contribution in [2.75, 3.05) is 0 Å². The number of hydrogen-bond acceptors (Lipinski definition) is 3. The minimum Gasteiger partial charge on any atom is -0.472 e. The van der Waals surface area contributed by atoms with E-state index in [4.69, 9.17) is 4.74 Å². The van der Waals surface area contributed by atoms with Gasteiger partial charge in [0.1, 0.15) is 12.4 Å². The molecule has 1 aromatic heterocycles. The first-order valence-electron chi connectivity index (χ1n) is 5.32. The Balaban J connectivity index is 2.13. The summed E-state index contributed by atoms with van der Waals surface area (Å²) in [6, 6.07) is 8.09. The highest BCUT2D eigenvalue weighted by atomic mass is 79.9. The molecule has 0 atom stereocenters. The smallest absolute Gasteiger partial charge is 0.219 e. The van der Waals surface area contributed by atoms with Crippen LogP contribution in [0.25, 0.3) is 0 Å². The Kier molecular flexibility index (Phi) is 4.28. The summed E-state index contributed by atoms with van der Waals surface area (Å²) in [7, 11) is 0. The molecule has 0 unspecified atom stereocenters. The molecule has 0 aliphatic carbocycles. The maximum Gasteiger partial charge on any atom is 0.219 e. The van der Waals surface area contributed by atoms with Crippen LogP contribution in [0.1, 0.15) is 11.1 Å². The second-order valence-corrected chi connectivity index (χ2v) is 4.57. The predicted molar refractivity (Wildman–Crippen MR) is 68.6 cm³/mol. The summed E-state index contributed by atoms with van der Waals surface area (Å²) in [6.45, 7) is -0.104. The molecule has 2 rings (SSSR count). The van der Waals surface area contributed by atoms with Gasteiger partial charge in [0.25, 0.3) is 0 Å². The van der Waals surface area contributed by atoms with Crippen molar-refractivity contribution in [1.29, 1.82) is 0 Å². The molecule has 0 aliphatic rings. The van der Waals surface area contributed by atoms with Gasteiger partial charge >= 0.3 is 0 Å². The Hall–Kier alpha value is -1.46. The van der Waals surface area contributed by atoms with Crippen molar-refractivity contribution >= 4 is 15.9 Å². The van der Waals surface area contributed by atoms with Gasteiger partial charge in [-0.05, 0) is 28.1 Å². The molecular weight excluding hydrogens is 301 g/mol. The van der Waals surface area contributed by atoms with E-state index in [1.807, 2.05) is 0 Å². The van der Waals surface area contributed by atoms with E-state index in [1.165, 1.54) is 6.07 Å². The van der Waals surface area contributed by atoms with Crippen LogP contribution in [0.4, 0.5) is 4.39 Å². The third-order valence-electron chi connectivity index (χ3n) is 2.38. The highest BCUT2D eigenvalue weighted by Crippen LogP contribution is 2.21. The van der Waals surface area contributed by atoms with Gasteiger partial charge in [-0.1, -0.05) is 18.2 Å². The molecule has 0 saturated heterocycles. The van der Waals surface area contributed by atoms with Crippen LogP contribution in [0.15, 0.2) is 41.0 Å². The maximum absolute atomic E-state index is 13.4. The topological polar surface area (TPSA) is 42.4 Å². The molecule has 0 amide bonds. The van der Waals surface area contributed by atoms with Crippen molar-refractivity contribution in [3.63, 3.8) is 0 Å². The van der Waals surface area contributed by atoms with Gasteiger partial charge in [0, 0.05) is 21.8 Å². The standard InChI is InChI=1S/C13H11BrFNO2/c14-11-5-10(7-17)13(16-6-11)18-8-9-3-1-2-4-12(9)15/h1-6,17H,7-8H2. The average Bonchev–Trinajstić information content (AvgIpc) is 2.39. The molecule has 0 bridgehead atoms. The first kappa shape index (κ1) is 13.0. The number of rotatable bonds is 4. The second kappa shape index (κ2) is 5.93. The predicted octanol–water partition coefficient (Wildman–Crippen LogP) is 3.05. The van der Waals surface area contributed by atoms with Gasteiger partial charge in [-0.15, -0.1) is 0 Å². The van der Waals surface area contributed by atoms with Gasteiger partial charge in [0.15, 0.2) is 0 Å². The van der Waals surface area contributed by atoms with Gasteiger partial charge in [0.2, 0.25) is 5.88 Å². The molecule has 0 radical (unpaired) electrons. The molecule has 3 nitrogen and oxygen atoms in total. The van der Waals surface area contributed by atoms with E-state index in [9.17, 15) is 9.50 Å². The van der Waals surface area contributed by atoms with Crippen LogP contribution < -0.4 is 4.74 Å². The summed E-state index contributed by atoms with van der Waals surface area (Å²) in [5, 5.41) is 9.18. The Morgan fingerprint density at radius 2 is 2.06 bits per heavy atom. The van der Waals surface area contributed by atoms with Crippen LogP contribution >= 0.6 is 15.9 Å². The zero-order chi connectivity index (χ0) is 13.0. The molecule has 18 heavy (non-hydrogen) atoms. The van der Waals surface area contributed by atoms with Crippen LogP contribution in [-0.4, -0.2) is 10.1 Å². The lowest BCUT2D eigenvalue weighted by molar-refractivity contribution is 0.250. The summed E-state index contributed by atoms with van der Waals surface area (Å²) >= 11 is 3.26. The molecule has 1 heterocycles. The van der Waals surface area contributed by atoms with E-state index in [2.05, 4.69) is 20.9 Å². The monoisotopic (exact) mass is 311 g/mol. The van der Waals surface area contributed by atoms with E-state index < -0.39 is 0 Å². The Labute approximate surface area is 112 Å². The lowest BCUT2D eigenvalue weighted by atomic mass is 10.2. The van der Waals surface area contributed by atoms with Crippen LogP contribution in [-0.2, 0) is 13.2 Å². The zero-order valence-electron chi connectivity index (χ0n) is 9.44. The Morgan fingerprint density at radius 1 is 1.28 bits per heavy atom. The maximum atomic E-state index is 13.4. The molecule has 0 saturated carbocycles. The summed E-state index contributed by atoms with van der Waals surface area (Å²) < 4.78 is 19.6. The van der Waals surface area contributed by atoms with Crippen molar-refractivity contribution in [2.45, 2.75) is 13.2 Å².